The molecule has 0 radical (unpaired) electrons. The second-order valence-electron chi connectivity index (χ2n) is 5.75. The van der Waals surface area contributed by atoms with Crippen LogP contribution >= 0.6 is 0 Å². The van der Waals surface area contributed by atoms with Gasteiger partial charge in [-0.3, -0.25) is 0 Å². The van der Waals surface area contributed by atoms with Gasteiger partial charge in [0.15, 0.2) is 0 Å². The number of hydrogen-bond acceptors (Lipinski definition) is 3. The topological polar surface area (TPSA) is 47.6 Å². The number of amides is 1. The molecule has 0 saturated carbocycles. The first-order chi connectivity index (χ1) is 7.74. The summed E-state index contributed by atoms with van der Waals surface area (Å²) in [7, 11) is 1.67. The van der Waals surface area contributed by atoms with Gasteiger partial charge in [0.1, 0.15) is 5.60 Å². The van der Waals surface area contributed by atoms with Crippen LogP contribution in [0.25, 0.3) is 0 Å². The lowest BCUT2D eigenvalue weighted by molar-refractivity contribution is 0.0486. The van der Waals surface area contributed by atoms with E-state index in [0.717, 1.165) is 12.8 Å². The predicted octanol–water partition coefficient (Wildman–Crippen LogP) is 2.96. The van der Waals surface area contributed by atoms with Crippen LogP contribution in [0.15, 0.2) is 0 Å². The van der Waals surface area contributed by atoms with Crippen LogP contribution in [0.3, 0.4) is 0 Å². The van der Waals surface area contributed by atoms with Crippen molar-refractivity contribution in [1.82, 2.24) is 5.32 Å². The van der Waals surface area contributed by atoms with Crippen molar-refractivity contribution < 1.29 is 14.3 Å². The standard InChI is InChI=1S/C13H27NO3/c1-10(2)9-11(7-8-16-6)14-12(15)17-13(3,4)5/h10-11H,7-9H2,1-6H3,(H,14,15)/t11-/m0/s1. The zero-order valence-corrected chi connectivity index (χ0v) is 12.0. The molecule has 0 fully saturated rings. The Labute approximate surface area is 105 Å². The van der Waals surface area contributed by atoms with Gasteiger partial charge in [0.2, 0.25) is 0 Å². The number of carbonyl (C=O) groups excluding carboxylic acids is 1. The molecule has 0 aromatic carbocycles. The number of methoxy groups -OCH3 is 1. The summed E-state index contributed by atoms with van der Waals surface area (Å²) in [6, 6.07) is 0.116. The van der Waals surface area contributed by atoms with Crippen molar-refractivity contribution in [2.24, 2.45) is 5.92 Å². The van der Waals surface area contributed by atoms with Crippen molar-refractivity contribution >= 4 is 6.09 Å². The molecule has 0 aromatic heterocycles. The molecule has 4 nitrogen and oxygen atoms in total. The third-order valence-electron chi connectivity index (χ3n) is 2.15. The number of nitrogens with one attached hydrogen (secondary N) is 1. The molecule has 102 valence electrons. The van der Waals surface area contributed by atoms with Crippen LogP contribution in [0.4, 0.5) is 4.79 Å². The van der Waals surface area contributed by atoms with E-state index in [4.69, 9.17) is 9.47 Å². The summed E-state index contributed by atoms with van der Waals surface area (Å²) in [5.41, 5.74) is -0.451. The van der Waals surface area contributed by atoms with Gasteiger partial charge in [-0.2, -0.15) is 0 Å². The largest absolute Gasteiger partial charge is 0.444 e. The second kappa shape index (κ2) is 7.54. The molecule has 1 amide bonds. The van der Waals surface area contributed by atoms with Crippen LogP contribution in [0.1, 0.15) is 47.5 Å². The molecule has 1 N–H and O–H groups in total. The average molecular weight is 245 g/mol. The summed E-state index contributed by atoms with van der Waals surface area (Å²) in [5, 5.41) is 2.90. The van der Waals surface area contributed by atoms with E-state index in [1.807, 2.05) is 20.8 Å². The Morgan fingerprint density at radius 2 is 1.88 bits per heavy atom. The summed E-state index contributed by atoms with van der Waals surface area (Å²) in [5.74, 6) is 0.534. The van der Waals surface area contributed by atoms with Crippen LogP contribution < -0.4 is 5.32 Å². The van der Waals surface area contributed by atoms with Crippen molar-refractivity contribution in [3.63, 3.8) is 0 Å². The van der Waals surface area contributed by atoms with Gasteiger partial charge >= 0.3 is 6.09 Å². The highest BCUT2D eigenvalue weighted by Crippen LogP contribution is 2.11. The Bertz CT molecular complexity index is 221. The molecule has 17 heavy (non-hydrogen) atoms. The van der Waals surface area contributed by atoms with E-state index in [0.29, 0.717) is 12.5 Å². The van der Waals surface area contributed by atoms with Crippen LogP contribution in [0.5, 0.6) is 0 Å². The smallest absolute Gasteiger partial charge is 0.407 e. The first kappa shape index (κ1) is 16.2. The number of carbonyl (C=O) groups is 1. The highest BCUT2D eigenvalue weighted by Gasteiger charge is 2.19. The normalized spacial score (nSPS) is 13.6. The number of hydrogen-bond donors (Lipinski definition) is 1. The molecule has 0 aliphatic heterocycles. The average Bonchev–Trinajstić information content (AvgIpc) is 2.09. The highest BCUT2D eigenvalue weighted by atomic mass is 16.6. The molecule has 0 unspecified atom stereocenters. The zero-order valence-electron chi connectivity index (χ0n) is 12.0. The Kier molecular flexibility index (Phi) is 7.19. The molecule has 0 aliphatic carbocycles. The molecule has 0 spiro atoms. The van der Waals surface area contributed by atoms with Crippen molar-refractivity contribution in [3.05, 3.63) is 0 Å². The van der Waals surface area contributed by atoms with Gasteiger partial charge in [-0.05, 0) is 39.5 Å². The fraction of sp³-hybridized carbons (Fsp3) is 0.923. The lowest BCUT2D eigenvalue weighted by Gasteiger charge is -2.24. The molecular formula is C13H27NO3. The summed E-state index contributed by atoms with van der Waals surface area (Å²) in [6.07, 6.45) is 1.40. The van der Waals surface area contributed by atoms with Gasteiger partial charge in [0, 0.05) is 19.8 Å². The van der Waals surface area contributed by atoms with E-state index in [1.165, 1.54) is 0 Å². The van der Waals surface area contributed by atoms with Gasteiger partial charge in [-0.15, -0.1) is 0 Å². The van der Waals surface area contributed by atoms with Crippen molar-refractivity contribution in [1.29, 1.82) is 0 Å². The first-order valence-corrected chi connectivity index (χ1v) is 6.23. The number of ether oxygens (including phenoxy) is 2. The monoisotopic (exact) mass is 245 g/mol. The molecule has 0 bridgehead atoms. The Morgan fingerprint density at radius 3 is 2.29 bits per heavy atom. The van der Waals surface area contributed by atoms with E-state index < -0.39 is 5.60 Å². The summed E-state index contributed by atoms with van der Waals surface area (Å²) in [6.45, 7) is 10.5. The van der Waals surface area contributed by atoms with Gasteiger partial charge in [-0.25, -0.2) is 4.79 Å². The number of alkyl carbamates (subject to hydrolysis) is 1. The predicted molar refractivity (Wildman–Crippen MR) is 69.1 cm³/mol. The summed E-state index contributed by atoms with van der Waals surface area (Å²) >= 11 is 0. The van der Waals surface area contributed by atoms with E-state index in [-0.39, 0.29) is 12.1 Å². The molecule has 0 saturated heterocycles. The lowest BCUT2D eigenvalue weighted by Crippen LogP contribution is -2.40. The first-order valence-electron chi connectivity index (χ1n) is 6.23. The molecule has 0 rings (SSSR count). The molecule has 0 aromatic rings. The van der Waals surface area contributed by atoms with Crippen LogP contribution in [0.2, 0.25) is 0 Å². The minimum absolute atomic E-state index is 0.116. The highest BCUT2D eigenvalue weighted by molar-refractivity contribution is 5.68. The van der Waals surface area contributed by atoms with Gasteiger partial charge < -0.3 is 14.8 Å². The fourth-order valence-electron chi connectivity index (χ4n) is 1.55. The Hall–Kier alpha value is -0.770. The van der Waals surface area contributed by atoms with Crippen LogP contribution in [0, 0.1) is 5.92 Å². The van der Waals surface area contributed by atoms with Gasteiger partial charge in [0.25, 0.3) is 0 Å². The quantitative estimate of drug-likeness (QED) is 0.782. The second-order valence-corrected chi connectivity index (χ2v) is 5.75. The Morgan fingerprint density at radius 1 is 1.29 bits per heavy atom. The van der Waals surface area contributed by atoms with E-state index in [2.05, 4.69) is 19.2 Å². The number of rotatable bonds is 6. The Balaban J connectivity index is 4.17. The lowest BCUT2D eigenvalue weighted by atomic mass is 10.0. The minimum atomic E-state index is -0.451. The van der Waals surface area contributed by atoms with E-state index in [1.54, 1.807) is 7.11 Å². The summed E-state index contributed by atoms with van der Waals surface area (Å²) < 4.78 is 10.3. The molecule has 0 aliphatic rings. The SMILES string of the molecule is COCC[C@@H](CC(C)C)NC(=O)OC(C)(C)C. The molecule has 4 heteroatoms. The molecule has 1 atom stereocenters. The van der Waals surface area contributed by atoms with Gasteiger partial charge in [0.05, 0.1) is 0 Å². The van der Waals surface area contributed by atoms with E-state index >= 15 is 0 Å². The molecule has 0 heterocycles. The zero-order chi connectivity index (χ0) is 13.5. The van der Waals surface area contributed by atoms with E-state index in [9.17, 15) is 4.79 Å². The third kappa shape index (κ3) is 10.1. The van der Waals surface area contributed by atoms with Crippen molar-refractivity contribution in [2.45, 2.75) is 59.1 Å². The molecular weight excluding hydrogens is 218 g/mol. The maximum Gasteiger partial charge on any atom is 0.407 e. The van der Waals surface area contributed by atoms with Gasteiger partial charge in [-0.1, -0.05) is 13.8 Å². The van der Waals surface area contributed by atoms with Crippen molar-refractivity contribution in [3.8, 4) is 0 Å². The minimum Gasteiger partial charge on any atom is -0.444 e. The van der Waals surface area contributed by atoms with Crippen LogP contribution in [-0.4, -0.2) is 31.5 Å². The maximum atomic E-state index is 11.6. The third-order valence-corrected chi connectivity index (χ3v) is 2.15. The maximum absolute atomic E-state index is 11.6. The summed E-state index contributed by atoms with van der Waals surface area (Å²) in [4.78, 5) is 11.6. The fourth-order valence-corrected chi connectivity index (χ4v) is 1.55. The van der Waals surface area contributed by atoms with Crippen LogP contribution in [-0.2, 0) is 9.47 Å². The van der Waals surface area contributed by atoms with Crippen molar-refractivity contribution in [2.75, 3.05) is 13.7 Å².